The van der Waals surface area contributed by atoms with Gasteiger partial charge in [-0.05, 0) is 38.1 Å². The van der Waals surface area contributed by atoms with Gasteiger partial charge in [-0.1, -0.05) is 22.5 Å². The van der Waals surface area contributed by atoms with Crippen molar-refractivity contribution >= 4 is 45.2 Å². The molecule has 25 heavy (non-hydrogen) atoms. The third kappa shape index (κ3) is 3.48. The Kier molecular flexibility index (Phi) is 4.45. The average molecular weight is 400 g/mol. The zero-order chi connectivity index (χ0) is 18.1. The first-order valence-electron chi connectivity index (χ1n) is 7.36. The maximum absolute atomic E-state index is 12.4. The molecule has 1 aliphatic heterocycles. The van der Waals surface area contributed by atoms with E-state index in [1.165, 1.54) is 4.68 Å². The molecule has 0 saturated carbocycles. The molecule has 1 N–H and O–H groups in total. The third-order valence-electron chi connectivity index (χ3n) is 3.53. The van der Waals surface area contributed by atoms with Gasteiger partial charge in [-0.3, -0.25) is 9.59 Å². The molecule has 2 heterocycles. The largest absolute Gasteiger partial charge is 0.306 e. The van der Waals surface area contributed by atoms with Crippen molar-refractivity contribution in [3.05, 3.63) is 58.2 Å². The third-order valence-corrected chi connectivity index (χ3v) is 4.06. The number of rotatable bonds is 2. The van der Waals surface area contributed by atoms with E-state index in [1.54, 1.807) is 44.2 Å². The fraction of sp³-hybridized carbons (Fsp3) is 0.118. The molecule has 3 rings (SSSR count). The molecule has 2 amide bonds. The van der Waals surface area contributed by atoms with Gasteiger partial charge < -0.3 is 5.32 Å². The quantitative estimate of drug-likeness (QED) is 0.787. The Bertz CT molecular complexity index is 954. The van der Waals surface area contributed by atoms with E-state index in [0.717, 1.165) is 4.47 Å². The highest BCUT2D eigenvalue weighted by Crippen LogP contribution is 2.17. The Labute approximate surface area is 152 Å². The van der Waals surface area contributed by atoms with E-state index in [0.29, 0.717) is 22.8 Å². The number of benzene rings is 1. The molecule has 0 saturated heterocycles. The van der Waals surface area contributed by atoms with Crippen molar-refractivity contribution in [1.82, 2.24) is 9.78 Å². The molecule has 1 aliphatic rings. The number of nitrogens with one attached hydrogen (secondary N) is 1. The van der Waals surface area contributed by atoms with Gasteiger partial charge >= 0.3 is 0 Å². The van der Waals surface area contributed by atoms with Crippen molar-refractivity contribution in [1.29, 1.82) is 0 Å². The lowest BCUT2D eigenvalue weighted by molar-refractivity contribution is -0.113. The summed E-state index contributed by atoms with van der Waals surface area (Å²) in [6.45, 7) is 7.08. The molecule has 0 radical (unpaired) electrons. The summed E-state index contributed by atoms with van der Waals surface area (Å²) >= 11 is 3.33. The summed E-state index contributed by atoms with van der Waals surface area (Å²) in [5, 5.41) is 7.03. The van der Waals surface area contributed by atoms with Crippen molar-refractivity contribution in [2.75, 3.05) is 5.32 Å². The molecule has 0 fully saturated rings. The number of anilines is 1. The molecular weight excluding hydrogens is 386 g/mol. The molecule has 2 aromatic rings. The highest BCUT2D eigenvalue weighted by Gasteiger charge is 2.21. The highest BCUT2D eigenvalue weighted by atomic mass is 79.9. The van der Waals surface area contributed by atoms with Crippen LogP contribution in [-0.4, -0.2) is 33.3 Å². The number of aromatic nitrogens is 2. The number of carbonyl (C=O) groups is 2. The van der Waals surface area contributed by atoms with Crippen LogP contribution < -0.4 is 5.32 Å². The van der Waals surface area contributed by atoms with Crippen LogP contribution in [0.3, 0.4) is 0 Å². The number of hydrogen-bond donors (Lipinski definition) is 1. The summed E-state index contributed by atoms with van der Waals surface area (Å²) < 4.78 is 2.21. The van der Waals surface area contributed by atoms with Gasteiger partial charge in [-0.15, -0.1) is 0 Å². The van der Waals surface area contributed by atoms with Gasteiger partial charge in [0, 0.05) is 16.1 Å². The number of amides is 2. The predicted molar refractivity (Wildman–Crippen MR) is 99.1 cm³/mol. The Balaban J connectivity index is 1.93. The van der Waals surface area contributed by atoms with Gasteiger partial charge in [0.15, 0.2) is 0 Å². The Hall–Kier alpha value is -2.87. The summed E-state index contributed by atoms with van der Waals surface area (Å²) in [5.74, 6) is -0.308. The van der Waals surface area contributed by atoms with Crippen molar-refractivity contribution < 1.29 is 9.59 Å². The smallest absolute Gasteiger partial charge is 0.281 e. The second kappa shape index (κ2) is 6.56. The Morgan fingerprint density at radius 3 is 2.52 bits per heavy atom. The van der Waals surface area contributed by atoms with Crippen molar-refractivity contribution in [3.8, 4) is 0 Å². The molecular formula is C17H14BrN5O2. The van der Waals surface area contributed by atoms with Crippen LogP contribution in [0.4, 0.5) is 5.82 Å². The van der Waals surface area contributed by atoms with E-state index in [4.69, 9.17) is 0 Å². The molecule has 1 aromatic carbocycles. The molecule has 0 bridgehead atoms. The summed E-state index contributed by atoms with van der Waals surface area (Å²) in [4.78, 5) is 32.4. The maximum Gasteiger partial charge on any atom is 0.281 e. The van der Waals surface area contributed by atoms with E-state index >= 15 is 0 Å². The minimum Gasteiger partial charge on any atom is -0.306 e. The zero-order valence-electron chi connectivity index (χ0n) is 13.6. The van der Waals surface area contributed by atoms with E-state index in [-0.39, 0.29) is 17.4 Å². The molecule has 0 atom stereocenters. The topological polar surface area (TPSA) is 88.7 Å². The van der Waals surface area contributed by atoms with Crippen LogP contribution in [0.2, 0.25) is 0 Å². The lowest BCUT2D eigenvalue weighted by Crippen LogP contribution is -2.25. The van der Waals surface area contributed by atoms with Gasteiger partial charge in [0.25, 0.3) is 17.8 Å². The number of aliphatic imine (C=N–C) groups is 2. The van der Waals surface area contributed by atoms with Crippen LogP contribution in [-0.2, 0) is 4.79 Å². The first kappa shape index (κ1) is 17.0. The first-order chi connectivity index (χ1) is 11.8. The fourth-order valence-electron chi connectivity index (χ4n) is 2.18. The molecule has 0 aliphatic carbocycles. The Morgan fingerprint density at radius 2 is 1.88 bits per heavy atom. The summed E-state index contributed by atoms with van der Waals surface area (Å²) in [6, 6.07) is 8.63. The standard InChI is InChI=1S/C17H14BrN5O2/c1-9-8-14(20-16(25)12-4-6-13(18)7-5-12)23(22-9)17-19-11(3)10(2)15(24)21-17/h4-8H,2H2,1,3H3,(H,20,25). The van der Waals surface area contributed by atoms with E-state index in [2.05, 4.69) is 42.9 Å². The molecule has 126 valence electrons. The minimum absolute atomic E-state index is 0.0918. The van der Waals surface area contributed by atoms with Gasteiger partial charge in [-0.25, -0.2) is 4.99 Å². The predicted octanol–water partition coefficient (Wildman–Crippen LogP) is 2.97. The minimum atomic E-state index is -0.471. The molecule has 7 nitrogen and oxygen atoms in total. The number of carbonyl (C=O) groups excluding carboxylic acids is 2. The number of halogens is 1. The maximum atomic E-state index is 12.4. The van der Waals surface area contributed by atoms with E-state index < -0.39 is 5.91 Å². The monoisotopic (exact) mass is 399 g/mol. The van der Waals surface area contributed by atoms with Gasteiger partial charge in [0.2, 0.25) is 0 Å². The van der Waals surface area contributed by atoms with Gasteiger partial charge in [-0.2, -0.15) is 14.8 Å². The molecule has 0 unspecified atom stereocenters. The highest BCUT2D eigenvalue weighted by molar-refractivity contribution is 9.10. The van der Waals surface area contributed by atoms with Gasteiger partial charge in [0.05, 0.1) is 17.0 Å². The lowest BCUT2D eigenvalue weighted by Gasteiger charge is -2.12. The van der Waals surface area contributed by atoms with Crippen LogP contribution >= 0.6 is 15.9 Å². The second-order valence-corrected chi connectivity index (χ2v) is 6.35. The van der Waals surface area contributed by atoms with Gasteiger partial charge in [0.1, 0.15) is 5.82 Å². The normalized spacial score (nSPS) is 14.2. The number of nitrogens with zero attached hydrogens (tertiary/aromatic N) is 4. The Morgan fingerprint density at radius 1 is 1.20 bits per heavy atom. The van der Waals surface area contributed by atoms with Crippen LogP contribution in [0.1, 0.15) is 23.0 Å². The van der Waals surface area contributed by atoms with Crippen LogP contribution in [0.15, 0.2) is 56.9 Å². The SMILES string of the molecule is C=C1C(=O)N=C(n2nc(C)cc2NC(=O)c2ccc(Br)cc2)N=C1C. The molecule has 1 aromatic heterocycles. The first-order valence-corrected chi connectivity index (χ1v) is 8.16. The summed E-state index contributed by atoms with van der Waals surface area (Å²) in [6.07, 6.45) is 0. The lowest BCUT2D eigenvalue weighted by atomic mass is 10.2. The number of hydrogen-bond acceptors (Lipinski definition) is 4. The summed E-state index contributed by atoms with van der Waals surface area (Å²) in [7, 11) is 0. The van der Waals surface area contributed by atoms with E-state index in [1.807, 2.05) is 0 Å². The summed E-state index contributed by atoms with van der Waals surface area (Å²) in [5.41, 5.74) is 1.85. The molecule has 8 heteroatoms. The van der Waals surface area contributed by atoms with Crippen LogP contribution in [0.5, 0.6) is 0 Å². The number of aryl methyl sites for hydroxylation is 1. The zero-order valence-corrected chi connectivity index (χ0v) is 15.2. The van der Waals surface area contributed by atoms with E-state index in [9.17, 15) is 9.59 Å². The van der Waals surface area contributed by atoms with Crippen molar-refractivity contribution in [3.63, 3.8) is 0 Å². The van der Waals surface area contributed by atoms with Crippen LogP contribution in [0, 0.1) is 6.92 Å². The second-order valence-electron chi connectivity index (χ2n) is 5.44. The van der Waals surface area contributed by atoms with Crippen molar-refractivity contribution in [2.24, 2.45) is 9.98 Å². The van der Waals surface area contributed by atoms with Crippen LogP contribution in [0.25, 0.3) is 0 Å². The average Bonchev–Trinajstić information content (AvgIpc) is 2.93. The fourth-order valence-corrected chi connectivity index (χ4v) is 2.45. The molecule has 0 spiro atoms. The van der Waals surface area contributed by atoms with Crippen molar-refractivity contribution in [2.45, 2.75) is 13.8 Å².